The second-order valence-corrected chi connectivity index (χ2v) is 10.7. The number of carbonyl (C=O) groups excluding carboxylic acids is 1. The second-order valence-electron chi connectivity index (χ2n) is 7.27. The van der Waals surface area contributed by atoms with Crippen molar-refractivity contribution in [1.82, 2.24) is 10.2 Å². The van der Waals surface area contributed by atoms with Crippen LogP contribution in [-0.2, 0) is 27.6 Å². The van der Waals surface area contributed by atoms with Gasteiger partial charge in [-0.1, -0.05) is 12.8 Å². The summed E-state index contributed by atoms with van der Waals surface area (Å²) in [4.78, 5) is 15.9. The largest absolute Gasteiger partial charge is 0.355 e. The highest BCUT2D eigenvalue weighted by Gasteiger charge is 2.29. The van der Waals surface area contributed by atoms with Crippen molar-refractivity contribution in [2.24, 2.45) is 0 Å². The van der Waals surface area contributed by atoms with Gasteiger partial charge in [0.1, 0.15) is 0 Å². The monoisotopic (exact) mass is 384 g/mol. The van der Waals surface area contributed by atoms with Gasteiger partial charge in [0.2, 0.25) is 5.91 Å². The Morgan fingerprint density at radius 3 is 2.92 bits per heavy atom. The van der Waals surface area contributed by atoms with Crippen LogP contribution in [0.25, 0.3) is 0 Å². The van der Waals surface area contributed by atoms with Gasteiger partial charge in [-0.15, -0.1) is 11.3 Å². The molecule has 3 rings (SSSR count). The number of hydrogen-bond donors (Lipinski definition) is 1. The maximum atomic E-state index is 12.2. The first kappa shape index (κ1) is 18.9. The van der Waals surface area contributed by atoms with Gasteiger partial charge in [-0.3, -0.25) is 9.69 Å². The fourth-order valence-electron chi connectivity index (χ4n) is 3.77. The number of nitrogens with one attached hydrogen (secondary N) is 1. The molecule has 1 saturated carbocycles. The third-order valence-corrected chi connectivity index (χ3v) is 8.76. The van der Waals surface area contributed by atoms with E-state index in [-0.39, 0.29) is 29.4 Å². The lowest BCUT2D eigenvalue weighted by Crippen LogP contribution is -2.44. The average Bonchev–Trinajstić information content (AvgIpc) is 3.28. The molecule has 5 nitrogen and oxygen atoms in total. The van der Waals surface area contributed by atoms with Crippen LogP contribution in [0.5, 0.6) is 0 Å². The maximum absolute atomic E-state index is 12.2. The standard InChI is InChI=1S/C18H28N2O3S2/c1-14(20-9-6-17-15(13-20)7-10-24-17)12-19-18(21)8-11-25(22,23)16-4-2-3-5-16/h7,10,14,16H,2-6,8-9,11-13H2,1H3,(H,19,21)/t14-/m0/s1. The lowest BCUT2D eigenvalue weighted by Gasteiger charge is -2.32. The zero-order valence-electron chi connectivity index (χ0n) is 14.9. The summed E-state index contributed by atoms with van der Waals surface area (Å²) in [7, 11) is -3.11. The van der Waals surface area contributed by atoms with E-state index in [2.05, 4.69) is 28.6 Å². The fourth-order valence-corrected chi connectivity index (χ4v) is 6.52. The summed E-state index contributed by atoms with van der Waals surface area (Å²) in [5.74, 6) is -0.165. The van der Waals surface area contributed by atoms with Gasteiger partial charge in [-0.25, -0.2) is 8.42 Å². The van der Waals surface area contributed by atoms with Gasteiger partial charge in [0.15, 0.2) is 9.84 Å². The van der Waals surface area contributed by atoms with Crippen molar-refractivity contribution < 1.29 is 13.2 Å². The summed E-state index contributed by atoms with van der Waals surface area (Å²) in [6, 6.07) is 2.44. The van der Waals surface area contributed by atoms with E-state index in [1.54, 1.807) is 0 Å². The molecule has 1 amide bonds. The maximum Gasteiger partial charge on any atom is 0.221 e. The molecule has 0 radical (unpaired) electrons. The Labute approximate surface area is 154 Å². The van der Waals surface area contributed by atoms with Crippen molar-refractivity contribution in [3.05, 3.63) is 21.9 Å². The first-order valence-corrected chi connectivity index (χ1v) is 11.8. The summed E-state index contributed by atoms with van der Waals surface area (Å²) >= 11 is 1.82. The van der Waals surface area contributed by atoms with Crippen LogP contribution in [0.1, 0.15) is 49.5 Å². The Morgan fingerprint density at radius 1 is 1.40 bits per heavy atom. The van der Waals surface area contributed by atoms with Crippen molar-refractivity contribution in [1.29, 1.82) is 0 Å². The molecule has 1 aromatic heterocycles. The first-order chi connectivity index (χ1) is 12.0. The van der Waals surface area contributed by atoms with Crippen LogP contribution in [0.4, 0.5) is 0 Å². The number of sulfone groups is 1. The van der Waals surface area contributed by atoms with Crippen molar-refractivity contribution >= 4 is 27.1 Å². The Balaban J connectivity index is 1.40. The summed E-state index contributed by atoms with van der Waals surface area (Å²) in [6.07, 6.45) is 4.68. The van der Waals surface area contributed by atoms with Crippen LogP contribution < -0.4 is 5.32 Å². The molecular formula is C18H28N2O3S2. The van der Waals surface area contributed by atoms with E-state index in [0.29, 0.717) is 6.54 Å². The van der Waals surface area contributed by atoms with Crippen molar-refractivity contribution in [2.75, 3.05) is 18.8 Å². The van der Waals surface area contributed by atoms with Gasteiger partial charge >= 0.3 is 0 Å². The molecule has 25 heavy (non-hydrogen) atoms. The minimum absolute atomic E-state index is 0.0140. The summed E-state index contributed by atoms with van der Waals surface area (Å²) < 4.78 is 24.5. The molecule has 2 aliphatic rings. The molecule has 0 aromatic carbocycles. The predicted octanol–water partition coefficient (Wildman–Crippen LogP) is 2.36. The molecule has 2 heterocycles. The minimum Gasteiger partial charge on any atom is -0.355 e. The van der Waals surface area contributed by atoms with E-state index in [1.807, 2.05) is 11.3 Å². The molecule has 1 aliphatic carbocycles. The second kappa shape index (κ2) is 8.18. The van der Waals surface area contributed by atoms with Crippen LogP contribution in [0.2, 0.25) is 0 Å². The molecule has 0 saturated heterocycles. The van der Waals surface area contributed by atoms with Gasteiger partial charge in [0.05, 0.1) is 11.0 Å². The van der Waals surface area contributed by atoms with E-state index in [9.17, 15) is 13.2 Å². The normalized spacial score (nSPS) is 20.4. The van der Waals surface area contributed by atoms with Gasteiger partial charge in [0.25, 0.3) is 0 Å². The zero-order valence-corrected chi connectivity index (χ0v) is 16.5. The average molecular weight is 385 g/mol. The van der Waals surface area contributed by atoms with Crippen LogP contribution in [0, 0.1) is 0 Å². The predicted molar refractivity (Wildman–Crippen MR) is 102 cm³/mol. The van der Waals surface area contributed by atoms with Crippen LogP contribution in [0.15, 0.2) is 11.4 Å². The van der Waals surface area contributed by atoms with E-state index in [0.717, 1.165) is 45.2 Å². The smallest absolute Gasteiger partial charge is 0.221 e. The SMILES string of the molecule is C[C@@H](CNC(=O)CCS(=O)(=O)C1CCCC1)N1CCc2sccc2C1. The molecule has 0 spiro atoms. The summed E-state index contributed by atoms with van der Waals surface area (Å²) in [5, 5.41) is 4.85. The topological polar surface area (TPSA) is 66.5 Å². The van der Waals surface area contributed by atoms with E-state index in [1.165, 1.54) is 10.4 Å². The lowest BCUT2D eigenvalue weighted by molar-refractivity contribution is -0.120. The molecule has 1 N–H and O–H groups in total. The third kappa shape index (κ3) is 4.83. The summed E-state index contributed by atoms with van der Waals surface area (Å²) in [5.41, 5.74) is 1.40. The van der Waals surface area contributed by atoms with Crippen molar-refractivity contribution in [2.45, 2.75) is 63.3 Å². The molecule has 1 aromatic rings. The zero-order chi connectivity index (χ0) is 17.9. The Bertz CT molecular complexity index is 693. The van der Waals surface area contributed by atoms with Gasteiger partial charge in [0, 0.05) is 37.0 Å². The molecular weight excluding hydrogens is 356 g/mol. The molecule has 1 aliphatic heterocycles. The van der Waals surface area contributed by atoms with Crippen LogP contribution in [0.3, 0.4) is 0 Å². The minimum atomic E-state index is -3.11. The van der Waals surface area contributed by atoms with Gasteiger partial charge in [-0.05, 0) is 43.2 Å². The number of rotatable bonds is 7. The molecule has 0 unspecified atom stereocenters. The highest BCUT2D eigenvalue weighted by Crippen LogP contribution is 2.26. The molecule has 140 valence electrons. The highest BCUT2D eigenvalue weighted by molar-refractivity contribution is 7.92. The number of fused-ring (bicyclic) bond motifs is 1. The Morgan fingerprint density at radius 2 is 2.16 bits per heavy atom. The highest BCUT2D eigenvalue weighted by atomic mass is 32.2. The quantitative estimate of drug-likeness (QED) is 0.784. The number of amides is 1. The number of hydrogen-bond acceptors (Lipinski definition) is 5. The molecule has 7 heteroatoms. The Hall–Kier alpha value is -0.920. The lowest BCUT2D eigenvalue weighted by atomic mass is 10.1. The number of thiophene rings is 1. The first-order valence-electron chi connectivity index (χ1n) is 9.23. The fraction of sp³-hybridized carbons (Fsp3) is 0.722. The molecule has 1 fully saturated rings. The van der Waals surface area contributed by atoms with Crippen LogP contribution >= 0.6 is 11.3 Å². The Kier molecular flexibility index (Phi) is 6.17. The van der Waals surface area contributed by atoms with Gasteiger partial charge < -0.3 is 5.32 Å². The van der Waals surface area contributed by atoms with Crippen molar-refractivity contribution in [3.63, 3.8) is 0 Å². The number of carbonyl (C=O) groups is 1. The summed E-state index contributed by atoms with van der Waals surface area (Å²) in [6.45, 7) is 4.64. The van der Waals surface area contributed by atoms with E-state index in [4.69, 9.17) is 0 Å². The molecule has 0 bridgehead atoms. The van der Waals surface area contributed by atoms with E-state index >= 15 is 0 Å². The third-order valence-electron chi connectivity index (χ3n) is 5.48. The van der Waals surface area contributed by atoms with Crippen molar-refractivity contribution in [3.8, 4) is 0 Å². The van der Waals surface area contributed by atoms with Crippen LogP contribution in [-0.4, -0.2) is 49.4 Å². The van der Waals surface area contributed by atoms with E-state index < -0.39 is 9.84 Å². The number of nitrogens with zero attached hydrogens (tertiary/aromatic N) is 1. The van der Waals surface area contributed by atoms with Gasteiger partial charge in [-0.2, -0.15) is 0 Å². The molecule has 1 atom stereocenters.